The van der Waals surface area contributed by atoms with E-state index in [4.69, 9.17) is 10.5 Å². The first-order chi connectivity index (χ1) is 15.0. The Morgan fingerprint density at radius 2 is 2.03 bits per heavy atom. The molecule has 2 aliphatic heterocycles. The summed E-state index contributed by atoms with van der Waals surface area (Å²) in [6.07, 6.45) is 6.23. The number of hydrazine groups is 1. The number of ether oxygens (including phenoxy) is 1. The molecule has 0 atom stereocenters. The maximum atomic E-state index is 12.5. The van der Waals surface area contributed by atoms with Crippen LogP contribution in [0, 0.1) is 0 Å². The number of nitrogens with one attached hydrogen (secondary N) is 1. The lowest BCUT2D eigenvalue weighted by Gasteiger charge is -2.37. The van der Waals surface area contributed by atoms with Crippen molar-refractivity contribution < 1.29 is 9.53 Å². The van der Waals surface area contributed by atoms with Gasteiger partial charge < -0.3 is 10.5 Å². The fourth-order valence-corrected chi connectivity index (χ4v) is 3.81. The monoisotopic (exact) mass is 426 g/mol. The van der Waals surface area contributed by atoms with Crippen molar-refractivity contribution >= 4 is 23.4 Å². The molecule has 4 heterocycles. The average Bonchev–Trinajstić information content (AvgIpc) is 3.26. The molecule has 0 aliphatic carbocycles. The second-order valence-corrected chi connectivity index (χ2v) is 7.94. The number of carbonyl (C=O) groups excluding carboxylic acids is 1. The highest BCUT2D eigenvalue weighted by Crippen LogP contribution is 2.35. The molecule has 2 aromatic heterocycles. The van der Waals surface area contributed by atoms with Crippen LogP contribution in [0.2, 0.25) is 0 Å². The number of hydrogen-bond acceptors (Lipinski definition) is 8. The minimum atomic E-state index is -0.310. The zero-order chi connectivity index (χ0) is 21.8. The number of carbonyl (C=O) groups is 1. The summed E-state index contributed by atoms with van der Waals surface area (Å²) >= 11 is 0. The molecule has 2 aliphatic rings. The molecule has 1 fully saturated rings. The fraction of sp³-hybridized carbons (Fsp3) is 0.524. The van der Waals surface area contributed by atoms with Crippen LogP contribution in [0.3, 0.4) is 0 Å². The van der Waals surface area contributed by atoms with Gasteiger partial charge in [-0.15, -0.1) is 0 Å². The molecule has 1 saturated heterocycles. The number of likely N-dealkylation sites (tertiary alicyclic amines) is 1. The second kappa shape index (κ2) is 9.34. The first kappa shape index (κ1) is 21.1. The van der Waals surface area contributed by atoms with Crippen molar-refractivity contribution in [3.8, 4) is 6.01 Å². The molecule has 3 N–H and O–H groups in total. The quantitative estimate of drug-likeness (QED) is 0.620. The molecule has 0 radical (unpaired) electrons. The van der Waals surface area contributed by atoms with E-state index < -0.39 is 0 Å². The smallest absolute Gasteiger partial charge is 0.340 e. The van der Waals surface area contributed by atoms with E-state index in [1.54, 1.807) is 12.1 Å². The van der Waals surface area contributed by atoms with E-state index in [1.165, 1.54) is 23.4 Å². The number of nitrogens with two attached hydrogens (primary N) is 1. The molecule has 0 aromatic carbocycles. The van der Waals surface area contributed by atoms with Crippen molar-refractivity contribution in [1.82, 2.24) is 24.9 Å². The Bertz CT molecular complexity index is 932. The molecule has 0 bridgehead atoms. The predicted molar refractivity (Wildman–Crippen MR) is 119 cm³/mol. The van der Waals surface area contributed by atoms with Crippen LogP contribution in [0.1, 0.15) is 43.9 Å². The number of rotatable bonds is 8. The third kappa shape index (κ3) is 4.79. The van der Waals surface area contributed by atoms with E-state index in [0.29, 0.717) is 24.7 Å². The van der Waals surface area contributed by atoms with Crippen molar-refractivity contribution in [3.63, 3.8) is 0 Å². The predicted octanol–water partition coefficient (Wildman–Crippen LogP) is 2.63. The number of hydrogen-bond donors (Lipinski definition) is 2. The average molecular weight is 427 g/mol. The van der Waals surface area contributed by atoms with E-state index in [-0.39, 0.29) is 17.9 Å². The first-order valence-corrected chi connectivity index (χ1v) is 10.8. The minimum absolute atomic E-state index is 0.179. The van der Waals surface area contributed by atoms with E-state index >= 15 is 0 Å². The summed E-state index contributed by atoms with van der Waals surface area (Å²) in [6, 6.07) is 4.02. The van der Waals surface area contributed by atoms with Gasteiger partial charge in [0.05, 0.1) is 18.8 Å². The van der Waals surface area contributed by atoms with E-state index in [0.717, 1.165) is 38.2 Å². The van der Waals surface area contributed by atoms with Crippen LogP contribution in [0.5, 0.6) is 6.01 Å². The number of amides is 2. The molecule has 2 aromatic rings. The maximum absolute atomic E-state index is 12.5. The summed E-state index contributed by atoms with van der Waals surface area (Å²) in [4.78, 5) is 28.2. The van der Waals surface area contributed by atoms with E-state index in [1.807, 2.05) is 12.3 Å². The van der Waals surface area contributed by atoms with Gasteiger partial charge in [-0.2, -0.15) is 9.97 Å². The van der Waals surface area contributed by atoms with Gasteiger partial charge in [0.25, 0.3) is 0 Å². The molecule has 0 saturated carbocycles. The zero-order valence-electron chi connectivity index (χ0n) is 18.2. The second-order valence-electron chi connectivity index (χ2n) is 7.94. The molecule has 10 nitrogen and oxygen atoms in total. The largest absolute Gasteiger partial charge is 0.463 e. The van der Waals surface area contributed by atoms with Crippen LogP contribution >= 0.6 is 0 Å². The van der Waals surface area contributed by atoms with Gasteiger partial charge >= 0.3 is 12.0 Å². The number of urea groups is 1. The Balaban J connectivity index is 1.58. The Hall–Kier alpha value is -3.14. The topological polar surface area (TPSA) is 113 Å². The summed E-state index contributed by atoms with van der Waals surface area (Å²) in [5.41, 5.74) is 8.55. The first-order valence-electron chi connectivity index (χ1n) is 10.8. The minimum Gasteiger partial charge on any atom is -0.463 e. The van der Waals surface area contributed by atoms with Gasteiger partial charge in [-0.25, -0.2) is 9.80 Å². The Kier molecular flexibility index (Phi) is 6.36. The van der Waals surface area contributed by atoms with Gasteiger partial charge in [0, 0.05) is 19.8 Å². The van der Waals surface area contributed by atoms with E-state index in [9.17, 15) is 4.79 Å². The van der Waals surface area contributed by atoms with Gasteiger partial charge in [0.15, 0.2) is 11.6 Å². The molecule has 166 valence electrons. The number of unbranched alkanes of at least 4 members (excludes halogenated alkanes) is 1. The highest BCUT2D eigenvalue weighted by atomic mass is 16.5. The van der Waals surface area contributed by atoms with Crippen molar-refractivity contribution in [3.05, 3.63) is 29.6 Å². The Morgan fingerprint density at radius 1 is 1.23 bits per heavy atom. The third-order valence-corrected chi connectivity index (χ3v) is 5.56. The molecular weight excluding hydrogens is 396 g/mol. The number of fused-ring (bicyclic) bond motifs is 1. The number of nitrogens with zero attached hydrogens (tertiary/aromatic N) is 6. The van der Waals surface area contributed by atoms with Gasteiger partial charge in [-0.3, -0.25) is 20.2 Å². The van der Waals surface area contributed by atoms with Gasteiger partial charge in [0.2, 0.25) is 0 Å². The molecule has 0 unspecified atom stereocenters. The van der Waals surface area contributed by atoms with Crippen molar-refractivity contribution in [1.29, 1.82) is 0 Å². The zero-order valence-corrected chi connectivity index (χ0v) is 18.2. The van der Waals surface area contributed by atoms with Gasteiger partial charge in [-0.05, 0) is 50.0 Å². The summed E-state index contributed by atoms with van der Waals surface area (Å²) in [5.74, 6) is 0.673. The van der Waals surface area contributed by atoms with Crippen molar-refractivity contribution in [2.45, 2.75) is 45.7 Å². The number of nitrogen functional groups attached to an aromatic ring is 1. The standard InChI is InChI=1S/C21H30N8O2/c1-3-4-11-31-20-25-18(22)17-19(26-20)29(27(2)21(30)24-17)14-16-12-15(7-8-23-16)13-28-9-5-6-10-28/h7-8,12H,3-6,9-11,13-14H2,1-2H3,(H,24,30)(H2,22,25,26). The van der Waals surface area contributed by atoms with Crippen molar-refractivity contribution in [2.24, 2.45) is 0 Å². The molecule has 10 heteroatoms. The molecule has 2 amide bonds. The number of pyridine rings is 1. The molecule has 4 rings (SSSR count). The van der Waals surface area contributed by atoms with Crippen LogP contribution in [0.15, 0.2) is 18.3 Å². The lowest BCUT2D eigenvalue weighted by Crippen LogP contribution is -2.50. The number of anilines is 3. The SMILES string of the molecule is CCCCOc1nc(N)c2c(n1)N(Cc1cc(CN3CCCC3)ccn1)N(C)C(=O)N2. The van der Waals surface area contributed by atoms with Gasteiger partial charge in [0.1, 0.15) is 5.69 Å². The summed E-state index contributed by atoms with van der Waals surface area (Å²) in [6.45, 7) is 6.15. The number of aromatic nitrogens is 3. The van der Waals surface area contributed by atoms with Crippen LogP contribution < -0.4 is 20.8 Å². The van der Waals surface area contributed by atoms with Crippen molar-refractivity contribution in [2.75, 3.05) is 42.8 Å². The highest BCUT2D eigenvalue weighted by Gasteiger charge is 2.32. The van der Waals surface area contributed by atoms with Crippen LogP contribution in [-0.2, 0) is 13.1 Å². The Labute approximate surface area is 182 Å². The molecular formula is C21H30N8O2. The van der Waals surface area contributed by atoms with Crippen LogP contribution in [0.4, 0.5) is 22.1 Å². The summed E-state index contributed by atoms with van der Waals surface area (Å²) < 4.78 is 5.67. The van der Waals surface area contributed by atoms with Gasteiger partial charge in [-0.1, -0.05) is 13.3 Å². The third-order valence-electron chi connectivity index (χ3n) is 5.56. The fourth-order valence-electron chi connectivity index (χ4n) is 3.81. The summed E-state index contributed by atoms with van der Waals surface area (Å²) in [7, 11) is 1.68. The molecule has 31 heavy (non-hydrogen) atoms. The van der Waals surface area contributed by atoms with Crippen LogP contribution in [-0.4, -0.2) is 57.6 Å². The lowest BCUT2D eigenvalue weighted by molar-refractivity contribution is 0.213. The maximum Gasteiger partial charge on any atom is 0.340 e. The highest BCUT2D eigenvalue weighted by molar-refractivity contribution is 5.99. The Morgan fingerprint density at radius 3 is 2.81 bits per heavy atom. The normalized spacial score (nSPS) is 16.4. The van der Waals surface area contributed by atoms with Crippen LogP contribution in [0.25, 0.3) is 0 Å². The summed E-state index contributed by atoms with van der Waals surface area (Å²) in [5, 5.41) is 5.98. The lowest BCUT2D eigenvalue weighted by atomic mass is 10.2. The molecule has 0 spiro atoms. The van der Waals surface area contributed by atoms with E-state index in [2.05, 4.69) is 38.2 Å².